The molecule has 0 amide bonds. The average Bonchev–Trinajstić information content (AvgIpc) is 2.01. The van der Waals surface area contributed by atoms with Crippen LogP contribution >= 0.6 is 0 Å². The van der Waals surface area contributed by atoms with E-state index < -0.39 is 5.97 Å². The molecule has 0 atom stereocenters. The third kappa shape index (κ3) is 3.26. The molecule has 0 saturated heterocycles. The number of nitrogens with zero attached hydrogens (tertiary/aromatic N) is 1. The summed E-state index contributed by atoms with van der Waals surface area (Å²) in [7, 11) is 0. The summed E-state index contributed by atoms with van der Waals surface area (Å²) in [5.41, 5.74) is 1.99. The summed E-state index contributed by atoms with van der Waals surface area (Å²) in [6, 6.07) is 3.80. The van der Waals surface area contributed by atoms with Gasteiger partial charge in [-0.05, 0) is 31.5 Å². The third-order valence-electron chi connectivity index (χ3n) is 1.55. The van der Waals surface area contributed by atoms with Crippen molar-refractivity contribution in [2.24, 2.45) is 0 Å². The third-order valence-corrected chi connectivity index (χ3v) is 1.55. The highest BCUT2D eigenvalue weighted by Crippen LogP contribution is 2.08. The largest absolute Gasteiger partial charge is 0.478 e. The molecule has 0 radical (unpaired) electrons. The first kappa shape index (κ1) is 10.2. The smallest absolute Gasteiger partial charge is 0.329 e. The summed E-state index contributed by atoms with van der Waals surface area (Å²) in [5.74, 6) is -0.332. The molecule has 1 heterocycles. The number of aliphatic carboxylic acids is 1. The molecule has 1 aromatic heterocycles. The van der Waals surface area contributed by atoms with Gasteiger partial charge in [-0.1, -0.05) is 0 Å². The molecule has 0 spiro atoms. The number of pyridine rings is 1. The Kier molecular flexibility index (Phi) is 3.23. The molecular formula is C10H12N2O2. The Labute approximate surface area is 82.3 Å². The summed E-state index contributed by atoms with van der Waals surface area (Å²) in [6.45, 7) is 3.85. The maximum Gasteiger partial charge on any atom is 0.329 e. The first-order valence-electron chi connectivity index (χ1n) is 4.19. The SMILES string of the molecule is Cc1cc(C)nc(NC=CC(=O)O)c1. The number of rotatable bonds is 3. The molecule has 0 aliphatic heterocycles. The molecule has 1 rings (SSSR count). The molecule has 74 valence electrons. The van der Waals surface area contributed by atoms with Crippen molar-refractivity contribution >= 4 is 11.8 Å². The molecule has 0 aliphatic rings. The first-order valence-corrected chi connectivity index (χ1v) is 4.19. The van der Waals surface area contributed by atoms with Crippen LogP contribution in [0.25, 0.3) is 0 Å². The van der Waals surface area contributed by atoms with Gasteiger partial charge in [0.2, 0.25) is 0 Å². The van der Waals surface area contributed by atoms with E-state index in [2.05, 4.69) is 10.3 Å². The van der Waals surface area contributed by atoms with Crippen LogP contribution in [0, 0.1) is 13.8 Å². The molecule has 0 saturated carbocycles. The number of hydrogen-bond acceptors (Lipinski definition) is 3. The van der Waals surface area contributed by atoms with Gasteiger partial charge in [-0.25, -0.2) is 9.78 Å². The van der Waals surface area contributed by atoms with E-state index in [1.807, 2.05) is 26.0 Å². The molecule has 0 aromatic carbocycles. The lowest BCUT2D eigenvalue weighted by Crippen LogP contribution is -1.96. The lowest BCUT2D eigenvalue weighted by atomic mass is 10.2. The lowest BCUT2D eigenvalue weighted by molar-refractivity contribution is -0.131. The van der Waals surface area contributed by atoms with Gasteiger partial charge in [0.1, 0.15) is 5.82 Å². The van der Waals surface area contributed by atoms with Crippen LogP contribution in [-0.2, 0) is 4.79 Å². The van der Waals surface area contributed by atoms with E-state index in [4.69, 9.17) is 5.11 Å². The van der Waals surface area contributed by atoms with Crippen LogP contribution in [-0.4, -0.2) is 16.1 Å². The van der Waals surface area contributed by atoms with E-state index in [1.54, 1.807) is 0 Å². The fourth-order valence-electron chi connectivity index (χ4n) is 1.11. The zero-order chi connectivity index (χ0) is 10.6. The van der Waals surface area contributed by atoms with Gasteiger partial charge in [-0.2, -0.15) is 0 Å². The van der Waals surface area contributed by atoms with Crippen LogP contribution in [0.15, 0.2) is 24.4 Å². The van der Waals surface area contributed by atoms with Crippen LogP contribution in [0.2, 0.25) is 0 Å². The summed E-state index contributed by atoms with van der Waals surface area (Å²) in [5, 5.41) is 11.1. The maximum atomic E-state index is 10.2. The minimum Gasteiger partial charge on any atom is -0.478 e. The van der Waals surface area contributed by atoms with Crippen molar-refractivity contribution in [1.29, 1.82) is 0 Å². The van der Waals surface area contributed by atoms with E-state index in [0.29, 0.717) is 5.82 Å². The molecule has 0 bridgehead atoms. The van der Waals surface area contributed by atoms with Crippen molar-refractivity contribution in [3.05, 3.63) is 35.7 Å². The van der Waals surface area contributed by atoms with Gasteiger partial charge < -0.3 is 10.4 Å². The predicted molar refractivity (Wildman–Crippen MR) is 54.1 cm³/mol. The standard InChI is InChI=1S/C10H12N2O2/c1-7-5-8(2)12-9(6-7)11-4-3-10(13)14/h3-6H,1-2H3,(H,11,12)(H,13,14). The number of carboxylic acids is 1. The van der Waals surface area contributed by atoms with E-state index in [-0.39, 0.29) is 0 Å². The number of aryl methyl sites for hydroxylation is 2. The van der Waals surface area contributed by atoms with Gasteiger partial charge in [0.15, 0.2) is 0 Å². The van der Waals surface area contributed by atoms with Gasteiger partial charge in [-0.15, -0.1) is 0 Å². The quantitative estimate of drug-likeness (QED) is 0.715. The number of aromatic nitrogens is 1. The molecule has 4 nitrogen and oxygen atoms in total. The minimum atomic E-state index is -0.984. The number of hydrogen-bond donors (Lipinski definition) is 2. The van der Waals surface area contributed by atoms with Crippen molar-refractivity contribution < 1.29 is 9.90 Å². The van der Waals surface area contributed by atoms with E-state index in [1.165, 1.54) is 6.20 Å². The van der Waals surface area contributed by atoms with Crippen LogP contribution in [0.4, 0.5) is 5.82 Å². The summed E-state index contributed by atoms with van der Waals surface area (Å²) in [6.07, 6.45) is 2.38. The zero-order valence-corrected chi connectivity index (χ0v) is 8.11. The number of carbonyl (C=O) groups is 1. The highest BCUT2D eigenvalue weighted by atomic mass is 16.4. The van der Waals surface area contributed by atoms with Crippen LogP contribution < -0.4 is 5.32 Å². The van der Waals surface area contributed by atoms with E-state index in [9.17, 15) is 4.79 Å². The molecule has 0 fully saturated rings. The second kappa shape index (κ2) is 4.41. The van der Waals surface area contributed by atoms with Crippen molar-refractivity contribution in [3.8, 4) is 0 Å². The van der Waals surface area contributed by atoms with Gasteiger partial charge >= 0.3 is 5.97 Å². The summed E-state index contributed by atoms with van der Waals surface area (Å²) >= 11 is 0. The van der Waals surface area contributed by atoms with E-state index in [0.717, 1.165) is 17.3 Å². The number of carboxylic acid groups (broad SMARTS) is 1. The van der Waals surface area contributed by atoms with Gasteiger partial charge in [0.25, 0.3) is 0 Å². The Morgan fingerprint density at radius 2 is 2.21 bits per heavy atom. The molecule has 14 heavy (non-hydrogen) atoms. The molecule has 4 heteroatoms. The normalized spacial score (nSPS) is 10.4. The van der Waals surface area contributed by atoms with Gasteiger partial charge in [-0.3, -0.25) is 0 Å². The second-order valence-electron chi connectivity index (χ2n) is 2.99. The van der Waals surface area contributed by atoms with Crippen molar-refractivity contribution in [2.75, 3.05) is 5.32 Å². The summed E-state index contributed by atoms with van der Waals surface area (Å²) < 4.78 is 0. The Morgan fingerprint density at radius 3 is 2.79 bits per heavy atom. The Bertz CT molecular complexity index is 352. The van der Waals surface area contributed by atoms with Crippen LogP contribution in [0.3, 0.4) is 0 Å². The summed E-state index contributed by atoms with van der Waals surface area (Å²) in [4.78, 5) is 14.4. The lowest BCUT2D eigenvalue weighted by Gasteiger charge is -2.02. The monoisotopic (exact) mass is 192 g/mol. The Morgan fingerprint density at radius 1 is 1.50 bits per heavy atom. The Balaban J connectivity index is 2.72. The van der Waals surface area contributed by atoms with Crippen molar-refractivity contribution in [1.82, 2.24) is 4.98 Å². The topological polar surface area (TPSA) is 62.2 Å². The molecular weight excluding hydrogens is 180 g/mol. The molecule has 1 aromatic rings. The maximum absolute atomic E-state index is 10.2. The first-order chi connectivity index (χ1) is 6.58. The van der Waals surface area contributed by atoms with E-state index >= 15 is 0 Å². The average molecular weight is 192 g/mol. The molecule has 2 N–H and O–H groups in total. The fraction of sp³-hybridized carbons (Fsp3) is 0.200. The second-order valence-corrected chi connectivity index (χ2v) is 2.99. The van der Waals surface area contributed by atoms with Gasteiger partial charge in [0.05, 0.1) is 0 Å². The van der Waals surface area contributed by atoms with Gasteiger partial charge in [0, 0.05) is 18.0 Å². The number of nitrogens with one attached hydrogen (secondary N) is 1. The highest BCUT2D eigenvalue weighted by molar-refractivity contribution is 5.80. The fourth-order valence-corrected chi connectivity index (χ4v) is 1.11. The van der Waals surface area contributed by atoms with Crippen molar-refractivity contribution in [3.63, 3.8) is 0 Å². The predicted octanol–water partition coefficient (Wildman–Crippen LogP) is 1.71. The zero-order valence-electron chi connectivity index (χ0n) is 8.11. The van der Waals surface area contributed by atoms with Crippen LogP contribution in [0.5, 0.6) is 0 Å². The number of anilines is 1. The molecule has 0 aliphatic carbocycles. The van der Waals surface area contributed by atoms with Crippen molar-refractivity contribution in [2.45, 2.75) is 13.8 Å². The Hall–Kier alpha value is -1.84. The minimum absolute atomic E-state index is 0.653. The highest BCUT2D eigenvalue weighted by Gasteiger charge is 1.94. The molecule has 0 unspecified atom stereocenters. The van der Waals surface area contributed by atoms with Crippen LogP contribution in [0.1, 0.15) is 11.3 Å².